The van der Waals surface area contributed by atoms with Gasteiger partial charge in [0.1, 0.15) is 0 Å². The van der Waals surface area contributed by atoms with Gasteiger partial charge in [-0.05, 0) is 12.1 Å². The quantitative estimate of drug-likeness (QED) is 0.583. The number of piperazine rings is 1. The van der Waals surface area contributed by atoms with Gasteiger partial charge in [-0.15, -0.1) is 5.14 Å². The van der Waals surface area contributed by atoms with E-state index < -0.39 is 11.4 Å². The monoisotopic (exact) mass is 227 g/mol. The van der Waals surface area contributed by atoms with E-state index >= 15 is 0 Å². The van der Waals surface area contributed by atoms with Crippen molar-refractivity contribution in [1.82, 2.24) is 10.6 Å². The molecule has 4 nitrogen and oxygen atoms in total. The Morgan fingerprint density at radius 3 is 1.73 bits per heavy atom. The number of nitrogens with one attached hydrogen (secondary N) is 2. The molecule has 1 heterocycles. The second-order valence-electron chi connectivity index (χ2n) is 3.11. The summed E-state index contributed by atoms with van der Waals surface area (Å²) < 4.78 is 10.5. The Labute approximate surface area is 93.6 Å². The number of hydrogen-bond donors (Lipinski definition) is 3. The van der Waals surface area contributed by atoms with E-state index in [4.69, 9.17) is 5.14 Å². The summed E-state index contributed by atoms with van der Waals surface area (Å²) in [5, 5.41) is 11.5. The molecule has 1 aromatic carbocycles. The summed E-state index contributed by atoms with van der Waals surface area (Å²) in [5.41, 5.74) is 0. The minimum atomic E-state index is -1.33. The third-order valence-corrected chi connectivity index (χ3v) is 2.67. The second-order valence-corrected chi connectivity index (χ2v) is 4.18. The first-order valence-electron chi connectivity index (χ1n) is 4.93. The molecule has 1 aliphatic rings. The van der Waals surface area contributed by atoms with Crippen LogP contribution in [-0.4, -0.2) is 30.7 Å². The van der Waals surface area contributed by atoms with Gasteiger partial charge in [0.25, 0.3) is 0 Å². The van der Waals surface area contributed by atoms with Crippen molar-refractivity contribution in [2.75, 3.05) is 26.2 Å². The lowest BCUT2D eigenvalue weighted by Gasteiger charge is -2.11. The standard InChI is InChI=1S/C6H7NOS.C4H10N2/c7-9(8)6-4-2-1-3-5-6;1-2-6-4-3-5-1/h1-5H,7H2;5-6H,1-4H2. The van der Waals surface area contributed by atoms with Crippen molar-refractivity contribution < 1.29 is 4.55 Å². The maximum atomic E-state index is 10.5. The molecule has 15 heavy (non-hydrogen) atoms. The van der Waals surface area contributed by atoms with Gasteiger partial charge in [0, 0.05) is 26.2 Å². The Kier molecular flexibility index (Phi) is 6.38. The topological polar surface area (TPSA) is 73.1 Å². The lowest BCUT2D eigenvalue weighted by Crippen LogP contribution is -2.39. The number of benzene rings is 1. The van der Waals surface area contributed by atoms with E-state index in [1.165, 1.54) is 0 Å². The lowest BCUT2D eigenvalue weighted by molar-refractivity contribution is 0.534. The molecular weight excluding hydrogens is 210 g/mol. The summed E-state index contributed by atoms with van der Waals surface area (Å²) in [6, 6.07) is 8.93. The van der Waals surface area contributed by atoms with Gasteiger partial charge in [-0.3, -0.25) is 0 Å². The number of rotatable bonds is 1. The van der Waals surface area contributed by atoms with E-state index in [9.17, 15) is 4.55 Å². The Bertz CT molecular complexity index is 241. The molecule has 0 saturated carbocycles. The molecule has 4 N–H and O–H groups in total. The maximum absolute atomic E-state index is 10.5. The Morgan fingerprint density at radius 2 is 1.47 bits per heavy atom. The summed E-state index contributed by atoms with van der Waals surface area (Å²) in [7, 11) is 0. The zero-order valence-electron chi connectivity index (χ0n) is 8.61. The van der Waals surface area contributed by atoms with E-state index in [2.05, 4.69) is 10.6 Å². The second kappa shape index (κ2) is 7.67. The molecule has 1 unspecified atom stereocenters. The third-order valence-electron chi connectivity index (χ3n) is 1.93. The predicted molar refractivity (Wildman–Crippen MR) is 62.8 cm³/mol. The van der Waals surface area contributed by atoms with E-state index in [1.807, 2.05) is 6.07 Å². The predicted octanol–water partition coefficient (Wildman–Crippen LogP) is -0.153. The summed E-state index contributed by atoms with van der Waals surface area (Å²) >= 11 is -1.33. The average Bonchev–Trinajstić information content (AvgIpc) is 2.33. The molecule has 0 radical (unpaired) electrons. The molecule has 0 amide bonds. The molecule has 0 bridgehead atoms. The van der Waals surface area contributed by atoms with Crippen LogP contribution < -0.4 is 15.8 Å². The highest BCUT2D eigenvalue weighted by molar-refractivity contribution is 7.89. The highest BCUT2D eigenvalue weighted by Gasteiger charge is 2.00. The van der Waals surface area contributed by atoms with Crippen molar-refractivity contribution in [3.05, 3.63) is 30.3 Å². The van der Waals surface area contributed by atoms with Crippen LogP contribution >= 0.6 is 0 Å². The molecule has 5 heteroatoms. The first-order valence-corrected chi connectivity index (χ1v) is 6.14. The van der Waals surface area contributed by atoms with Crippen LogP contribution in [-0.2, 0) is 11.4 Å². The largest absolute Gasteiger partial charge is 0.593 e. The molecule has 0 aliphatic carbocycles. The number of nitrogens with two attached hydrogens (primary N) is 1. The maximum Gasteiger partial charge on any atom is 0.173 e. The van der Waals surface area contributed by atoms with Crippen LogP contribution in [0.1, 0.15) is 0 Å². The van der Waals surface area contributed by atoms with Crippen molar-refractivity contribution in [3.8, 4) is 0 Å². The molecule has 0 spiro atoms. The van der Waals surface area contributed by atoms with E-state index in [1.54, 1.807) is 24.3 Å². The fourth-order valence-corrected chi connectivity index (χ4v) is 1.58. The van der Waals surface area contributed by atoms with Crippen LogP contribution in [0.25, 0.3) is 0 Å². The van der Waals surface area contributed by atoms with Crippen molar-refractivity contribution in [1.29, 1.82) is 0 Å². The minimum Gasteiger partial charge on any atom is -0.593 e. The lowest BCUT2D eigenvalue weighted by atomic mass is 10.4. The molecule has 1 fully saturated rings. The van der Waals surface area contributed by atoms with Crippen molar-refractivity contribution in [3.63, 3.8) is 0 Å². The van der Waals surface area contributed by atoms with E-state index in [-0.39, 0.29) is 0 Å². The summed E-state index contributed by atoms with van der Waals surface area (Å²) in [5.74, 6) is 0. The Morgan fingerprint density at radius 1 is 1.00 bits per heavy atom. The fourth-order valence-electron chi connectivity index (χ4n) is 1.16. The summed E-state index contributed by atoms with van der Waals surface area (Å²) in [6.45, 7) is 4.56. The molecule has 0 aromatic heterocycles. The first-order chi connectivity index (χ1) is 7.30. The molecule has 84 valence electrons. The normalized spacial score (nSPS) is 17.5. The zero-order valence-corrected chi connectivity index (χ0v) is 9.43. The molecule has 1 aromatic rings. The van der Waals surface area contributed by atoms with Crippen LogP contribution in [0.15, 0.2) is 35.2 Å². The van der Waals surface area contributed by atoms with Crippen LogP contribution in [0.4, 0.5) is 0 Å². The zero-order chi connectivity index (χ0) is 10.9. The number of hydrogen-bond acceptors (Lipinski definition) is 4. The van der Waals surface area contributed by atoms with Crippen LogP contribution in [0, 0.1) is 0 Å². The average molecular weight is 227 g/mol. The van der Waals surface area contributed by atoms with Gasteiger partial charge >= 0.3 is 0 Å². The summed E-state index contributed by atoms with van der Waals surface area (Å²) in [6.07, 6.45) is 0. The first kappa shape index (κ1) is 12.5. The van der Waals surface area contributed by atoms with Crippen LogP contribution in [0.5, 0.6) is 0 Å². The van der Waals surface area contributed by atoms with Crippen LogP contribution in [0.3, 0.4) is 0 Å². The van der Waals surface area contributed by atoms with Gasteiger partial charge < -0.3 is 15.2 Å². The van der Waals surface area contributed by atoms with Crippen molar-refractivity contribution >= 4 is 11.4 Å². The molecule has 1 atom stereocenters. The third kappa shape index (κ3) is 5.76. The highest BCUT2D eigenvalue weighted by Crippen LogP contribution is 2.02. The smallest absolute Gasteiger partial charge is 0.173 e. The summed E-state index contributed by atoms with van der Waals surface area (Å²) in [4.78, 5) is 0.664. The Hall–Kier alpha value is -0.590. The van der Waals surface area contributed by atoms with Gasteiger partial charge in [0.05, 0.1) is 11.4 Å². The fraction of sp³-hybridized carbons (Fsp3) is 0.400. The highest BCUT2D eigenvalue weighted by atomic mass is 32.2. The molecule has 1 aliphatic heterocycles. The van der Waals surface area contributed by atoms with E-state index in [0.29, 0.717) is 4.90 Å². The Balaban J connectivity index is 0.000000162. The molecule has 2 rings (SSSR count). The SMILES string of the molecule is C1CNCCN1.N[S+]([O-])c1ccccc1. The van der Waals surface area contributed by atoms with E-state index in [0.717, 1.165) is 26.2 Å². The van der Waals surface area contributed by atoms with Gasteiger partial charge in [-0.1, -0.05) is 18.2 Å². The molecular formula is C10H17N3OS. The van der Waals surface area contributed by atoms with Crippen LogP contribution in [0.2, 0.25) is 0 Å². The van der Waals surface area contributed by atoms with Gasteiger partial charge in [0.2, 0.25) is 0 Å². The van der Waals surface area contributed by atoms with Gasteiger partial charge in [-0.25, -0.2) is 0 Å². The molecule has 1 saturated heterocycles. The van der Waals surface area contributed by atoms with Gasteiger partial charge in [0.15, 0.2) is 4.90 Å². The van der Waals surface area contributed by atoms with Crippen molar-refractivity contribution in [2.45, 2.75) is 4.90 Å². The van der Waals surface area contributed by atoms with Gasteiger partial charge in [-0.2, -0.15) is 0 Å². The van der Waals surface area contributed by atoms with Crippen molar-refractivity contribution in [2.24, 2.45) is 5.14 Å². The minimum absolute atomic E-state index is 0.664.